The number of nitrogens with zero attached hydrogens (tertiary/aromatic N) is 1. The highest BCUT2D eigenvalue weighted by Gasteiger charge is 2.27. The number of rotatable bonds is 5. The van der Waals surface area contributed by atoms with Crippen LogP contribution >= 0.6 is 0 Å². The molecule has 1 N–H and O–H groups in total. The fourth-order valence-corrected chi connectivity index (χ4v) is 2.11. The van der Waals surface area contributed by atoms with E-state index >= 15 is 0 Å². The largest absolute Gasteiger partial charge is 0.375 e. The molecule has 0 aromatic rings. The minimum atomic E-state index is -0.0346. The van der Waals surface area contributed by atoms with Gasteiger partial charge in [0.05, 0.1) is 0 Å². The standard InChI is InChI=1S/C12H24N2O2/c1-12(2,10-13-11(15)9-16-3)14-7-5-4-6-8-14/h4-10H2,1-3H3,(H,13,15). The van der Waals surface area contributed by atoms with Crippen LogP contribution in [0.5, 0.6) is 0 Å². The van der Waals surface area contributed by atoms with E-state index in [2.05, 4.69) is 24.1 Å². The van der Waals surface area contributed by atoms with Crippen LogP contribution in [0.15, 0.2) is 0 Å². The monoisotopic (exact) mass is 228 g/mol. The summed E-state index contributed by atoms with van der Waals surface area (Å²) in [6.45, 7) is 7.50. The number of hydrogen-bond acceptors (Lipinski definition) is 3. The third-order valence-corrected chi connectivity index (χ3v) is 3.21. The van der Waals surface area contributed by atoms with E-state index in [1.165, 1.54) is 26.4 Å². The molecule has 94 valence electrons. The second-order valence-electron chi connectivity index (χ2n) is 5.07. The van der Waals surface area contributed by atoms with Crippen molar-refractivity contribution in [1.82, 2.24) is 10.2 Å². The van der Waals surface area contributed by atoms with Crippen LogP contribution in [0.4, 0.5) is 0 Å². The maximum absolute atomic E-state index is 11.3. The Morgan fingerprint density at radius 1 is 1.31 bits per heavy atom. The van der Waals surface area contributed by atoms with Crippen molar-refractivity contribution in [2.24, 2.45) is 0 Å². The van der Waals surface area contributed by atoms with Crippen molar-refractivity contribution in [2.75, 3.05) is 33.4 Å². The second-order valence-corrected chi connectivity index (χ2v) is 5.07. The van der Waals surface area contributed by atoms with Gasteiger partial charge in [0.25, 0.3) is 0 Å². The zero-order valence-corrected chi connectivity index (χ0v) is 10.7. The maximum Gasteiger partial charge on any atom is 0.246 e. The number of piperidine rings is 1. The number of carbonyl (C=O) groups excluding carboxylic acids is 1. The summed E-state index contributed by atoms with van der Waals surface area (Å²) >= 11 is 0. The summed E-state index contributed by atoms with van der Waals surface area (Å²) in [5.41, 5.74) is 0.0455. The Hall–Kier alpha value is -0.610. The quantitative estimate of drug-likeness (QED) is 0.763. The van der Waals surface area contributed by atoms with Gasteiger partial charge in [0.15, 0.2) is 0 Å². The Morgan fingerprint density at radius 2 is 1.94 bits per heavy atom. The molecule has 0 aromatic heterocycles. The highest BCUT2D eigenvalue weighted by Crippen LogP contribution is 2.19. The lowest BCUT2D eigenvalue weighted by molar-refractivity contribution is -0.125. The molecule has 1 aliphatic rings. The SMILES string of the molecule is COCC(=O)NCC(C)(C)N1CCCCC1. The summed E-state index contributed by atoms with van der Waals surface area (Å²) in [6, 6.07) is 0. The highest BCUT2D eigenvalue weighted by molar-refractivity contribution is 5.77. The van der Waals surface area contributed by atoms with Crippen LogP contribution < -0.4 is 5.32 Å². The third kappa shape index (κ3) is 4.10. The van der Waals surface area contributed by atoms with Gasteiger partial charge in [-0.25, -0.2) is 0 Å². The number of hydrogen-bond donors (Lipinski definition) is 1. The number of nitrogens with one attached hydrogen (secondary N) is 1. The Balaban J connectivity index is 2.34. The summed E-state index contributed by atoms with van der Waals surface area (Å²) in [7, 11) is 1.54. The molecule has 0 unspecified atom stereocenters. The van der Waals surface area contributed by atoms with Crippen molar-refractivity contribution < 1.29 is 9.53 Å². The van der Waals surface area contributed by atoms with Crippen LogP contribution in [0.25, 0.3) is 0 Å². The molecule has 1 fully saturated rings. The van der Waals surface area contributed by atoms with Crippen LogP contribution in [-0.2, 0) is 9.53 Å². The van der Waals surface area contributed by atoms with Gasteiger partial charge in [-0.1, -0.05) is 6.42 Å². The van der Waals surface area contributed by atoms with E-state index in [1.54, 1.807) is 0 Å². The molecule has 1 saturated heterocycles. The molecular formula is C12H24N2O2. The molecule has 0 atom stereocenters. The van der Waals surface area contributed by atoms with Gasteiger partial charge in [-0.3, -0.25) is 9.69 Å². The Morgan fingerprint density at radius 3 is 2.50 bits per heavy atom. The average Bonchev–Trinajstić information content (AvgIpc) is 2.28. The number of carbonyl (C=O) groups is 1. The van der Waals surface area contributed by atoms with E-state index in [0.29, 0.717) is 6.54 Å². The zero-order chi connectivity index (χ0) is 12.0. The molecule has 16 heavy (non-hydrogen) atoms. The molecule has 1 heterocycles. The summed E-state index contributed by atoms with van der Waals surface area (Å²) in [6.07, 6.45) is 3.88. The van der Waals surface area contributed by atoms with E-state index in [1.807, 2.05) is 0 Å². The topological polar surface area (TPSA) is 41.6 Å². The van der Waals surface area contributed by atoms with E-state index in [-0.39, 0.29) is 18.1 Å². The fraction of sp³-hybridized carbons (Fsp3) is 0.917. The first-order valence-electron chi connectivity index (χ1n) is 6.07. The molecule has 0 aromatic carbocycles. The minimum absolute atomic E-state index is 0.0346. The van der Waals surface area contributed by atoms with Crippen LogP contribution in [0, 0.1) is 0 Å². The van der Waals surface area contributed by atoms with Crippen LogP contribution in [0.2, 0.25) is 0 Å². The molecule has 4 heteroatoms. The van der Waals surface area contributed by atoms with Crippen molar-refractivity contribution in [1.29, 1.82) is 0 Å². The first-order valence-corrected chi connectivity index (χ1v) is 6.07. The summed E-state index contributed by atoms with van der Waals surface area (Å²) in [5.74, 6) is -0.0346. The Labute approximate surface area is 98.3 Å². The Kier molecular flexibility index (Phi) is 5.22. The molecule has 0 radical (unpaired) electrons. The second kappa shape index (κ2) is 6.21. The third-order valence-electron chi connectivity index (χ3n) is 3.21. The fourth-order valence-electron chi connectivity index (χ4n) is 2.11. The number of methoxy groups -OCH3 is 1. The van der Waals surface area contributed by atoms with Gasteiger partial charge in [0, 0.05) is 19.2 Å². The van der Waals surface area contributed by atoms with Gasteiger partial charge in [0.2, 0.25) is 5.91 Å². The molecule has 0 bridgehead atoms. The predicted octanol–water partition coefficient (Wildman–Crippen LogP) is 1.01. The van der Waals surface area contributed by atoms with Gasteiger partial charge < -0.3 is 10.1 Å². The molecule has 0 spiro atoms. The van der Waals surface area contributed by atoms with Crippen molar-refractivity contribution in [3.63, 3.8) is 0 Å². The van der Waals surface area contributed by atoms with E-state index in [9.17, 15) is 4.79 Å². The van der Waals surface area contributed by atoms with Gasteiger partial charge >= 0.3 is 0 Å². The number of ether oxygens (including phenoxy) is 1. The highest BCUT2D eigenvalue weighted by atomic mass is 16.5. The Bertz CT molecular complexity index is 223. The first kappa shape index (κ1) is 13.5. The van der Waals surface area contributed by atoms with Crippen molar-refractivity contribution in [2.45, 2.75) is 38.6 Å². The lowest BCUT2D eigenvalue weighted by Gasteiger charge is -2.41. The maximum atomic E-state index is 11.3. The normalized spacial score (nSPS) is 18.4. The summed E-state index contributed by atoms with van der Waals surface area (Å²) in [5, 5.41) is 2.92. The predicted molar refractivity (Wildman–Crippen MR) is 64.4 cm³/mol. The minimum Gasteiger partial charge on any atom is -0.375 e. The smallest absolute Gasteiger partial charge is 0.246 e. The molecule has 1 rings (SSSR count). The number of likely N-dealkylation sites (tertiary alicyclic amines) is 1. The summed E-state index contributed by atoms with van der Waals surface area (Å²) in [4.78, 5) is 13.8. The molecule has 1 amide bonds. The van der Waals surface area contributed by atoms with Crippen LogP contribution in [-0.4, -0.2) is 49.7 Å². The average molecular weight is 228 g/mol. The molecule has 1 aliphatic heterocycles. The van der Waals surface area contributed by atoms with E-state index < -0.39 is 0 Å². The van der Waals surface area contributed by atoms with Gasteiger partial charge in [-0.05, 0) is 39.8 Å². The van der Waals surface area contributed by atoms with E-state index in [0.717, 1.165) is 13.1 Å². The van der Waals surface area contributed by atoms with Crippen molar-refractivity contribution >= 4 is 5.91 Å². The molecule has 4 nitrogen and oxygen atoms in total. The van der Waals surface area contributed by atoms with E-state index in [4.69, 9.17) is 4.74 Å². The van der Waals surface area contributed by atoms with Gasteiger partial charge in [-0.15, -0.1) is 0 Å². The van der Waals surface area contributed by atoms with Crippen LogP contribution in [0.3, 0.4) is 0 Å². The number of amides is 1. The molecule has 0 saturated carbocycles. The van der Waals surface area contributed by atoms with Crippen molar-refractivity contribution in [3.8, 4) is 0 Å². The zero-order valence-electron chi connectivity index (χ0n) is 10.7. The lowest BCUT2D eigenvalue weighted by atomic mass is 9.98. The van der Waals surface area contributed by atoms with Crippen molar-refractivity contribution in [3.05, 3.63) is 0 Å². The lowest BCUT2D eigenvalue weighted by Crippen LogP contribution is -2.53. The first-order chi connectivity index (χ1) is 7.56. The molecular weight excluding hydrogens is 204 g/mol. The molecule has 0 aliphatic carbocycles. The van der Waals surface area contributed by atoms with Gasteiger partial charge in [-0.2, -0.15) is 0 Å². The van der Waals surface area contributed by atoms with Crippen LogP contribution in [0.1, 0.15) is 33.1 Å². The van der Waals surface area contributed by atoms with Gasteiger partial charge in [0.1, 0.15) is 6.61 Å². The summed E-state index contributed by atoms with van der Waals surface area (Å²) < 4.78 is 4.79.